The van der Waals surface area contributed by atoms with E-state index in [2.05, 4.69) is 12.1 Å². The minimum atomic E-state index is -0.0399. The maximum atomic E-state index is 12.3. The lowest BCUT2D eigenvalue weighted by Crippen LogP contribution is -2.43. The number of fused-ring (bicyclic) bond motifs is 1. The van der Waals surface area contributed by atoms with E-state index in [4.69, 9.17) is 5.26 Å². The first-order valence-electron chi connectivity index (χ1n) is 5.90. The van der Waals surface area contributed by atoms with Gasteiger partial charge in [-0.3, -0.25) is 4.79 Å². The van der Waals surface area contributed by atoms with Crippen molar-refractivity contribution in [2.45, 2.75) is 32.2 Å². The minimum absolute atomic E-state index is 0.0399. The second-order valence-corrected chi connectivity index (χ2v) is 4.67. The number of hydrogen-bond donors (Lipinski definition) is 0. The molecule has 0 radical (unpaired) electrons. The van der Waals surface area contributed by atoms with Crippen molar-refractivity contribution in [3.63, 3.8) is 0 Å². The van der Waals surface area contributed by atoms with Crippen molar-refractivity contribution < 1.29 is 4.79 Å². The summed E-state index contributed by atoms with van der Waals surface area (Å²) in [6, 6.07) is 10.2. The lowest BCUT2D eigenvalue weighted by Gasteiger charge is -2.34. The van der Waals surface area contributed by atoms with Crippen LogP contribution in [0.2, 0.25) is 0 Å². The van der Waals surface area contributed by atoms with E-state index in [9.17, 15) is 4.79 Å². The third-order valence-corrected chi connectivity index (χ3v) is 3.30. The van der Waals surface area contributed by atoms with Gasteiger partial charge < -0.3 is 4.90 Å². The fourth-order valence-electron chi connectivity index (χ4n) is 2.27. The van der Waals surface area contributed by atoms with Gasteiger partial charge >= 0.3 is 0 Å². The summed E-state index contributed by atoms with van der Waals surface area (Å²) in [5, 5.41) is 8.76. The van der Waals surface area contributed by atoms with E-state index >= 15 is 0 Å². The highest BCUT2D eigenvalue weighted by Crippen LogP contribution is 2.36. The summed E-state index contributed by atoms with van der Waals surface area (Å²) in [6.45, 7) is 4.06. The number of carbonyl (C=O) groups excluding carboxylic acids is 1. The third-order valence-electron chi connectivity index (χ3n) is 3.30. The number of amides is 1. The molecule has 1 aromatic rings. The highest BCUT2D eigenvalue weighted by molar-refractivity contribution is 5.87. The average molecular weight is 228 g/mol. The van der Waals surface area contributed by atoms with Crippen molar-refractivity contribution >= 4 is 5.91 Å². The monoisotopic (exact) mass is 228 g/mol. The molecule has 1 aromatic carbocycles. The van der Waals surface area contributed by atoms with Crippen molar-refractivity contribution in [2.24, 2.45) is 0 Å². The summed E-state index contributed by atoms with van der Waals surface area (Å²) >= 11 is 0. The molecule has 0 bridgehead atoms. The second-order valence-electron chi connectivity index (χ2n) is 4.67. The van der Waals surface area contributed by atoms with Gasteiger partial charge in [-0.1, -0.05) is 24.3 Å². The predicted octanol–water partition coefficient (Wildman–Crippen LogP) is 2.09. The minimum Gasteiger partial charge on any atom is -0.326 e. The fourth-order valence-corrected chi connectivity index (χ4v) is 2.27. The Morgan fingerprint density at radius 1 is 1.53 bits per heavy atom. The van der Waals surface area contributed by atoms with Crippen LogP contribution in [-0.2, 0) is 11.2 Å². The van der Waals surface area contributed by atoms with Gasteiger partial charge in [-0.2, -0.15) is 5.26 Å². The molecular weight excluding hydrogens is 212 g/mol. The molecule has 0 spiro atoms. The van der Waals surface area contributed by atoms with Crippen LogP contribution in [0.15, 0.2) is 24.3 Å². The van der Waals surface area contributed by atoms with E-state index in [-0.39, 0.29) is 24.4 Å². The maximum Gasteiger partial charge on any atom is 0.231 e. The van der Waals surface area contributed by atoms with E-state index in [1.54, 1.807) is 4.90 Å². The molecule has 3 nitrogen and oxygen atoms in total. The van der Waals surface area contributed by atoms with E-state index in [0.717, 1.165) is 12.0 Å². The summed E-state index contributed by atoms with van der Waals surface area (Å²) in [5.41, 5.74) is 2.38. The van der Waals surface area contributed by atoms with Crippen LogP contribution in [0.4, 0.5) is 0 Å². The van der Waals surface area contributed by atoms with Crippen molar-refractivity contribution in [1.82, 2.24) is 4.90 Å². The van der Waals surface area contributed by atoms with Crippen LogP contribution in [0.3, 0.4) is 0 Å². The molecule has 0 heterocycles. The van der Waals surface area contributed by atoms with Crippen LogP contribution in [0.5, 0.6) is 0 Å². The normalized spacial score (nSPS) is 16.9. The SMILES string of the molecule is CC(C)N(CC#N)C(=O)C1Cc2ccccc21. The van der Waals surface area contributed by atoms with Gasteiger partial charge in [0.2, 0.25) is 5.91 Å². The quantitative estimate of drug-likeness (QED) is 0.743. The van der Waals surface area contributed by atoms with E-state index in [1.165, 1.54) is 5.56 Å². The predicted molar refractivity (Wildman–Crippen MR) is 65.3 cm³/mol. The Labute approximate surface area is 102 Å². The Hall–Kier alpha value is -1.82. The number of benzene rings is 1. The zero-order valence-corrected chi connectivity index (χ0v) is 10.2. The molecule has 1 aliphatic carbocycles. The van der Waals surface area contributed by atoms with E-state index in [1.807, 2.05) is 32.0 Å². The Balaban J connectivity index is 2.15. The van der Waals surface area contributed by atoms with Crippen molar-refractivity contribution in [3.05, 3.63) is 35.4 Å². The van der Waals surface area contributed by atoms with Crippen LogP contribution in [0.1, 0.15) is 30.9 Å². The van der Waals surface area contributed by atoms with Crippen molar-refractivity contribution in [2.75, 3.05) is 6.54 Å². The van der Waals surface area contributed by atoms with Crippen molar-refractivity contribution in [3.8, 4) is 6.07 Å². The first kappa shape index (κ1) is 11.7. The molecule has 0 fully saturated rings. The molecule has 17 heavy (non-hydrogen) atoms. The molecule has 3 heteroatoms. The van der Waals surface area contributed by atoms with Crippen LogP contribution in [-0.4, -0.2) is 23.4 Å². The Morgan fingerprint density at radius 3 is 2.82 bits per heavy atom. The fraction of sp³-hybridized carbons (Fsp3) is 0.429. The average Bonchev–Trinajstić information content (AvgIpc) is 2.27. The van der Waals surface area contributed by atoms with Gasteiger partial charge in [-0.05, 0) is 31.4 Å². The number of carbonyl (C=O) groups is 1. The van der Waals surface area contributed by atoms with E-state index in [0.29, 0.717) is 0 Å². The summed E-state index contributed by atoms with van der Waals surface area (Å²) in [5.74, 6) is 0.0437. The largest absolute Gasteiger partial charge is 0.326 e. The smallest absolute Gasteiger partial charge is 0.231 e. The summed E-state index contributed by atoms with van der Waals surface area (Å²) in [6.07, 6.45) is 0.809. The first-order chi connectivity index (χ1) is 8.15. The summed E-state index contributed by atoms with van der Waals surface area (Å²) in [4.78, 5) is 13.9. The molecule has 0 aromatic heterocycles. The molecule has 2 rings (SSSR count). The van der Waals surface area contributed by atoms with Crippen LogP contribution in [0.25, 0.3) is 0 Å². The third kappa shape index (κ3) is 2.03. The number of hydrogen-bond acceptors (Lipinski definition) is 2. The Morgan fingerprint density at radius 2 is 2.24 bits per heavy atom. The molecule has 0 saturated carbocycles. The van der Waals surface area contributed by atoms with Crippen LogP contribution < -0.4 is 0 Å². The molecule has 0 N–H and O–H groups in total. The molecule has 0 saturated heterocycles. The topological polar surface area (TPSA) is 44.1 Å². The maximum absolute atomic E-state index is 12.3. The van der Waals surface area contributed by atoms with Gasteiger partial charge in [-0.15, -0.1) is 0 Å². The molecule has 88 valence electrons. The summed E-state index contributed by atoms with van der Waals surface area (Å²) < 4.78 is 0. The molecule has 1 unspecified atom stereocenters. The van der Waals surface area contributed by atoms with Gasteiger partial charge in [-0.25, -0.2) is 0 Å². The van der Waals surface area contributed by atoms with E-state index < -0.39 is 0 Å². The zero-order chi connectivity index (χ0) is 12.4. The second kappa shape index (κ2) is 4.58. The standard InChI is InChI=1S/C14H16N2O/c1-10(2)16(8-7-15)14(17)13-9-11-5-3-4-6-12(11)13/h3-6,10,13H,8-9H2,1-2H3. The number of nitrogens with zero attached hydrogens (tertiary/aromatic N) is 2. The van der Waals surface area contributed by atoms with Crippen LogP contribution >= 0.6 is 0 Å². The zero-order valence-electron chi connectivity index (χ0n) is 10.2. The number of nitriles is 1. The van der Waals surface area contributed by atoms with Crippen LogP contribution in [0, 0.1) is 11.3 Å². The molecule has 1 atom stereocenters. The lowest BCUT2D eigenvalue weighted by atomic mass is 9.76. The van der Waals surface area contributed by atoms with Gasteiger partial charge in [0.15, 0.2) is 0 Å². The lowest BCUT2D eigenvalue weighted by molar-refractivity contribution is -0.134. The van der Waals surface area contributed by atoms with Gasteiger partial charge in [0.25, 0.3) is 0 Å². The van der Waals surface area contributed by atoms with Gasteiger partial charge in [0.1, 0.15) is 6.54 Å². The molecule has 1 aliphatic rings. The first-order valence-corrected chi connectivity index (χ1v) is 5.90. The molecule has 1 amide bonds. The molecular formula is C14H16N2O. The highest BCUT2D eigenvalue weighted by atomic mass is 16.2. The van der Waals surface area contributed by atoms with Crippen molar-refractivity contribution in [1.29, 1.82) is 5.26 Å². The van der Waals surface area contributed by atoms with Gasteiger partial charge in [0, 0.05) is 6.04 Å². The van der Waals surface area contributed by atoms with Gasteiger partial charge in [0.05, 0.1) is 12.0 Å². The number of rotatable bonds is 3. The molecule has 0 aliphatic heterocycles. The Kier molecular flexibility index (Phi) is 3.14. The Bertz CT molecular complexity index is 473. The highest BCUT2D eigenvalue weighted by Gasteiger charge is 2.35. The summed E-state index contributed by atoms with van der Waals surface area (Å²) in [7, 11) is 0.